The van der Waals surface area contributed by atoms with Crippen molar-refractivity contribution in [3.8, 4) is 0 Å². The third-order valence-electron chi connectivity index (χ3n) is 2.61. The molecule has 3 heteroatoms. The van der Waals surface area contributed by atoms with E-state index in [9.17, 15) is 4.39 Å². The van der Waals surface area contributed by atoms with Gasteiger partial charge in [-0.15, -0.1) is 11.8 Å². The van der Waals surface area contributed by atoms with Gasteiger partial charge < -0.3 is 5.32 Å². The van der Waals surface area contributed by atoms with Gasteiger partial charge in [-0.1, -0.05) is 20.8 Å². The molecule has 1 aromatic carbocycles. The third kappa shape index (κ3) is 4.14. The molecule has 0 amide bonds. The van der Waals surface area contributed by atoms with Crippen molar-refractivity contribution in [1.82, 2.24) is 5.32 Å². The van der Waals surface area contributed by atoms with Crippen molar-refractivity contribution < 1.29 is 4.39 Å². The van der Waals surface area contributed by atoms with Gasteiger partial charge in [0.25, 0.3) is 0 Å². The molecule has 0 saturated heterocycles. The Hall–Kier alpha value is -0.540. The Balaban J connectivity index is 2.55. The maximum absolute atomic E-state index is 12.7. The van der Waals surface area contributed by atoms with E-state index in [1.165, 1.54) is 12.1 Å². The summed E-state index contributed by atoms with van der Waals surface area (Å²) in [4.78, 5) is 1.13. The monoisotopic (exact) mass is 241 g/mol. The highest BCUT2D eigenvalue weighted by Crippen LogP contribution is 2.26. The molecule has 1 nitrogen and oxygen atoms in total. The molecule has 16 heavy (non-hydrogen) atoms. The molecule has 0 saturated carbocycles. The minimum absolute atomic E-state index is 0.171. The minimum atomic E-state index is -0.171. The van der Waals surface area contributed by atoms with Gasteiger partial charge in [0.05, 0.1) is 0 Å². The van der Waals surface area contributed by atoms with Crippen molar-refractivity contribution in [2.75, 3.05) is 6.54 Å². The standard InChI is InChI=1S/C13H20FNS/c1-4-13(15-5-2)10(3)16-12-8-6-11(14)7-9-12/h6-10,13,15H,4-5H2,1-3H3. The van der Waals surface area contributed by atoms with Crippen LogP contribution in [0, 0.1) is 5.82 Å². The summed E-state index contributed by atoms with van der Waals surface area (Å²) in [7, 11) is 0. The molecule has 0 heterocycles. The van der Waals surface area contributed by atoms with Crippen molar-refractivity contribution in [3.63, 3.8) is 0 Å². The van der Waals surface area contributed by atoms with Gasteiger partial charge in [-0.2, -0.15) is 0 Å². The number of halogens is 1. The van der Waals surface area contributed by atoms with Gasteiger partial charge in [0.2, 0.25) is 0 Å². The predicted octanol–water partition coefficient (Wildman–Crippen LogP) is 3.69. The predicted molar refractivity (Wildman–Crippen MR) is 69.5 cm³/mol. The van der Waals surface area contributed by atoms with Gasteiger partial charge >= 0.3 is 0 Å². The van der Waals surface area contributed by atoms with Gasteiger partial charge in [0.15, 0.2) is 0 Å². The molecule has 0 bridgehead atoms. The van der Waals surface area contributed by atoms with Gasteiger partial charge in [-0.3, -0.25) is 0 Å². The molecule has 1 N–H and O–H groups in total. The fourth-order valence-corrected chi connectivity index (χ4v) is 2.89. The summed E-state index contributed by atoms with van der Waals surface area (Å²) >= 11 is 1.80. The van der Waals surface area contributed by atoms with Crippen LogP contribution in [0.4, 0.5) is 4.39 Å². The molecule has 0 fully saturated rings. The molecule has 0 spiro atoms. The van der Waals surface area contributed by atoms with Gasteiger partial charge in [-0.05, 0) is 37.2 Å². The second-order valence-electron chi connectivity index (χ2n) is 3.85. The fourth-order valence-electron chi connectivity index (χ4n) is 1.71. The highest BCUT2D eigenvalue weighted by Gasteiger charge is 2.15. The molecule has 1 rings (SSSR count). The number of rotatable bonds is 6. The molecular weight excluding hydrogens is 221 g/mol. The number of hydrogen-bond acceptors (Lipinski definition) is 2. The van der Waals surface area contributed by atoms with Crippen LogP contribution in [0.1, 0.15) is 27.2 Å². The molecule has 0 aliphatic rings. The fraction of sp³-hybridized carbons (Fsp3) is 0.538. The van der Waals surface area contributed by atoms with Crippen molar-refractivity contribution in [3.05, 3.63) is 30.1 Å². The summed E-state index contributed by atoms with van der Waals surface area (Å²) in [6.45, 7) is 7.52. The Morgan fingerprint density at radius 2 is 1.88 bits per heavy atom. The Bertz CT molecular complexity index is 299. The highest BCUT2D eigenvalue weighted by atomic mass is 32.2. The number of benzene rings is 1. The lowest BCUT2D eigenvalue weighted by Gasteiger charge is -2.23. The van der Waals surface area contributed by atoms with Gasteiger partial charge in [0, 0.05) is 16.2 Å². The molecule has 2 atom stereocenters. The van der Waals surface area contributed by atoms with Crippen molar-refractivity contribution in [2.45, 2.75) is 43.4 Å². The maximum atomic E-state index is 12.7. The average molecular weight is 241 g/mol. The third-order valence-corrected chi connectivity index (χ3v) is 3.85. The van der Waals surface area contributed by atoms with E-state index in [4.69, 9.17) is 0 Å². The normalized spacial score (nSPS) is 14.8. The summed E-state index contributed by atoms with van der Waals surface area (Å²) in [6.07, 6.45) is 1.11. The van der Waals surface area contributed by atoms with Crippen LogP contribution >= 0.6 is 11.8 Å². The Morgan fingerprint density at radius 3 is 2.38 bits per heavy atom. The van der Waals surface area contributed by atoms with Crippen molar-refractivity contribution >= 4 is 11.8 Å². The first-order valence-electron chi connectivity index (χ1n) is 5.83. The van der Waals surface area contributed by atoms with E-state index in [1.807, 2.05) is 12.1 Å². The van der Waals surface area contributed by atoms with E-state index in [-0.39, 0.29) is 5.82 Å². The topological polar surface area (TPSA) is 12.0 Å². The quantitative estimate of drug-likeness (QED) is 0.762. The van der Waals surface area contributed by atoms with Crippen LogP contribution in [0.2, 0.25) is 0 Å². The molecule has 2 unspecified atom stereocenters. The first kappa shape index (κ1) is 13.5. The zero-order chi connectivity index (χ0) is 12.0. The SMILES string of the molecule is CCNC(CC)C(C)Sc1ccc(F)cc1. The summed E-state index contributed by atoms with van der Waals surface area (Å²) in [5.41, 5.74) is 0. The molecule has 0 aromatic heterocycles. The second kappa shape index (κ2) is 6.92. The lowest BCUT2D eigenvalue weighted by molar-refractivity contribution is 0.509. The van der Waals surface area contributed by atoms with Crippen LogP contribution in [-0.2, 0) is 0 Å². The molecule has 0 radical (unpaired) electrons. The molecule has 1 aromatic rings. The second-order valence-corrected chi connectivity index (χ2v) is 5.30. The highest BCUT2D eigenvalue weighted by molar-refractivity contribution is 8.00. The van der Waals surface area contributed by atoms with Crippen LogP contribution in [0.15, 0.2) is 29.2 Å². The van der Waals surface area contributed by atoms with E-state index in [2.05, 4.69) is 26.1 Å². The molecule has 0 aliphatic carbocycles. The zero-order valence-corrected chi connectivity index (χ0v) is 11.0. The van der Waals surface area contributed by atoms with Crippen LogP contribution in [0.5, 0.6) is 0 Å². The smallest absolute Gasteiger partial charge is 0.123 e. The van der Waals surface area contributed by atoms with Crippen molar-refractivity contribution in [2.24, 2.45) is 0 Å². The van der Waals surface area contributed by atoms with E-state index < -0.39 is 0 Å². The Morgan fingerprint density at radius 1 is 1.25 bits per heavy atom. The molecule has 90 valence electrons. The van der Waals surface area contributed by atoms with Crippen LogP contribution in [0.3, 0.4) is 0 Å². The summed E-state index contributed by atoms with van der Waals surface area (Å²) in [6, 6.07) is 7.23. The van der Waals surface area contributed by atoms with Crippen molar-refractivity contribution in [1.29, 1.82) is 0 Å². The first-order valence-corrected chi connectivity index (χ1v) is 6.71. The van der Waals surface area contributed by atoms with Crippen LogP contribution in [-0.4, -0.2) is 17.8 Å². The number of hydrogen-bond donors (Lipinski definition) is 1. The van der Waals surface area contributed by atoms with E-state index in [0.717, 1.165) is 17.9 Å². The van der Waals surface area contributed by atoms with Gasteiger partial charge in [-0.25, -0.2) is 4.39 Å². The van der Waals surface area contributed by atoms with E-state index in [1.54, 1.807) is 11.8 Å². The number of nitrogens with one attached hydrogen (secondary N) is 1. The van der Waals surface area contributed by atoms with Gasteiger partial charge in [0.1, 0.15) is 5.82 Å². The minimum Gasteiger partial charge on any atom is -0.313 e. The zero-order valence-electron chi connectivity index (χ0n) is 10.2. The van der Waals surface area contributed by atoms with E-state index >= 15 is 0 Å². The summed E-state index contributed by atoms with van der Waals surface area (Å²) < 4.78 is 12.7. The van der Waals surface area contributed by atoms with Crippen LogP contribution in [0.25, 0.3) is 0 Å². The summed E-state index contributed by atoms with van der Waals surface area (Å²) in [5, 5.41) is 3.96. The molecular formula is C13H20FNS. The lowest BCUT2D eigenvalue weighted by Crippen LogP contribution is -2.35. The number of thioether (sulfide) groups is 1. The largest absolute Gasteiger partial charge is 0.313 e. The Labute approximate surface area is 102 Å². The van der Waals surface area contributed by atoms with Crippen LogP contribution < -0.4 is 5.32 Å². The Kier molecular flexibility index (Phi) is 5.85. The lowest BCUT2D eigenvalue weighted by atomic mass is 10.2. The van der Waals surface area contributed by atoms with E-state index in [0.29, 0.717) is 11.3 Å². The maximum Gasteiger partial charge on any atom is 0.123 e. The average Bonchev–Trinajstić information content (AvgIpc) is 2.29. The summed E-state index contributed by atoms with van der Waals surface area (Å²) in [5.74, 6) is -0.171. The molecule has 0 aliphatic heterocycles. The first-order chi connectivity index (χ1) is 7.67.